The normalized spacial score (nSPS) is 20.5. The standard InChI is InChI=1S/C22H26FN3O2S/c1-16-4-5-20(19(23)13-16)26-15-17(14-21(26)27)22(28)25-10-8-24(9-11-25)7-6-18-3-2-12-29-18/h2-5,12-13,17H,6-11,14-15H2,1H3. The Morgan fingerprint density at radius 3 is 2.69 bits per heavy atom. The second kappa shape index (κ2) is 8.63. The molecule has 1 aromatic heterocycles. The van der Waals surface area contributed by atoms with Crippen LogP contribution in [0.1, 0.15) is 16.9 Å². The minimum atomic E-state index is -0.411. The average Bonchev–Trinajstić information content (AvgIpc) is 3.36. The lowest BCUT2D eigenvalue weighted by Crippen LogP contribution is -2.51. The lowest BCUT2D eigenvalue weighted by molar-refractivity contribution is -0.137. The molecule has 0 aliphatic carbocycles. The number of rotatable bonds is 5. The summed E-state index contributed by atoms with van der Waals surface area (Å²) in [6.07, 6.45) is 1.20. The van der Waals surface area contributed by atoms with E-state index in [2.05, 4.69) is 22.4 Å². The van der Waals surface area contributed by atoms with Crippen LogP contribution in [-0.4, -0.2) is 60.9 Å². The zero-order chi connectivity index (χ0) is 20.4. The summed E-state index contributed by atoms with van der Waals surface area (Å²) in [5, 5.41) is 2.10. The van der Waals surface area contributed by atoms with Gasteiger partial charge < -0.3 is 9.80 Å². The molecule has 2 saturated heterocycles. The first-order valence-electron chi connectivity index (χ1n) is 10.1. The molecule has 3 heterocycles. The maximum absolute atomic E-state index is 14.3. The van der Waals surface area contributed by atoms with Crippen molar-refractivity contribution in [3.05, 3.63) is 52.0 Å². The minimum Gasteiger partial charge on any atom is -0.340 e. The lowest BCUT2D eigenvalue weighted by atomic mass is 10.1. The molecule has 2 amide bonds. The number of halogens is 1. The van der Waals surface area contributed by atoms with Gasteiger partial charge in [-0.15, -0.1) is 11.3 Å². The van der Waals surface area contributed by atoms with E-state index in [4.69, 9.17) is 0 Å². The molecule has 2 fully saturated rings. The Hall–Kier alpha value is -2.25. The Kier molecular flexibility index (Phi) is 5.96. The van der Waals surface area contributed by atoms with Crippen LogP contribution in [0, 0.1) is 18.7 Å². The third-order valence-corrected chi connectivity index (χ3v) is 6.74. The van der Waals surface area contributed by atoms with Crippen molar-refractivity contribution >= 4 is 28.8 Å². The molecule has 0 radical (unpaired) electrons. The predicted molar refractivity (Wildman–Crippen MR) is 113 cm³/mol. The molecule has 7 heteroatoms. The number of carbonyl (C=O) groups is 2. The van der Waals surface area contributed by atoms with Crippen LogP contribution in [0.25, 0.3) is 0 Å². The molecule has 0 saturated carbocycles. The van der Waals surface area contributed by atoms with E-state index in [0.717, 1.165) is 31.6 Å². The van der Waals surface area contributed by atoms with Crippen molar-refractivity contribution in [3.8, 4) is 0 Å². The zero-order valence-corrected chi connectivity index (χ0v) is 17.5. The lowest BCUT2D eigenvalue weighted by Gasteiger charge is -2.35. The Bertz CT molecular complexity index is 878. The topological polar surface area (TPSA) is 43.9 Å². The van der Waals surface area contributed by atoms with Crippen molar-refractivity contribution in [2.24, 2.45) is 5.92 Å². The van der Waals surface area contributed by atoms with Crippen LogP contribution < -0.4 is 4.90 Å². The van der Waals surface area contributed by atoms with Gasteiger partial charge in [0.25, 0.3) is 0 Å². The van der Waals surface area contributed by atoms with Crippen LogP contribution in [0.2, 0.25) is 0 Å². The van der Waals surface area contributed by atoms with Gasteiger partial charge in [-0.1, -0.05) is 12.1 Å². The molecule has 2 aliphatic heterocycles. The van der Waals surface area contributed by atoms with E-state index in [1.165, 1.54) is 15.8 Å². The Morgan fingerprint density at radius 1 is 1.21 bits per heavy atom. The number of nitrogens with zero attached hydrogens (tertiary/aromatic N) is 3. The number of aryl methyl sites for hydroxylation is 1. The zero-order valence-electron chi connectivity index (χ0n) is 16.6. The van der Waals surface area contributed by atoms with Gasteiger partial charge in [0.05, 0.1) is 11.6 Å². The first kappa shape index (κ1) is 20.0. The molecule has 0 spiro atoms. The van der Waals surface area contributed by atoms with E-state index in [9.17, 15) is 14.0 Å². The first-order chi connectivity index (χ1) is 14.0. The minimum absolute atomic E-state index is 0.0197. The fourth-order valence-electron chi connectivity index (χ4n) is 4.11. The fraction of sp³-hybridized carbons (Fsp3) is 0.455. The number of anilines is 1. The van der Waals surface area contributed by atoms with Crippen LogP contribution in [0.15, 0.2) is 35.7 Å². The number of thiophene rings is 1. The summed E-state index contributed by atoms with van der Waals surface area (Å²) in [6.45, 7) is 6.16. The number of hydrogen-bond donors (Lipinski definition) is 0. The van der Waals surface area contributed by atoms with Gasteiger partial charge >= 0.3 is 0 Å². The summed E-state index contributed by atoms with van der Waals surface area (Å²) >= 11 is 1.78. The number of hydrogen-bond acceptors (Lipinski definition) is 4. The van der Waals surface area contributed by atoms with Gasteiger partial charge in [-0.25, -0.2) is 4.39 Å². The van der Waals surface area contributed by atoms with Crippen LogP contribution in [0.4, 0.5) is 10.1 Å². The van der Waals surface area contributed by atoms with Crippen molar-refractivity contribution in [2.75, 3.05) is 44.2 Å². The van der Waals surface area contributed by atoms with Gasteiger partial charge in [0.15, 0.2) is 0 Å². The summed E-state index contributed by atoms with van der Waals surface area (Å²) in [6, 6.07) is 9.07. The van der Waals surface area contributed by atoms with Gasteiger partial charge in [-0.05, 0) is 42.5 Å². The number of piperazine rings is 1. The number of carbonyl (C=O) groups excluding carboxylic acids is 2. The van der Waals surface area contributed by atoms with Crippen molar-refractivity contribution < 1.29 is 14.0 Å². The smallest absolute Gasteiger partial charge is 0.228 e. The average molecular weight is 416 g/mol. The molecule has 0 N–H and O–H groups in total. The summed E-state index contributed by atoms with van der Waals surface area (Å²) < 4.78 is 14.3. The summed E-state index contributed by atoms with van der Waals surface area (Å²) in [5.74, 6) is -0.960. The van der Waals surface area contributed by atoms with E-state index < -0.39 is 5.82 Å². The van der Waals surface area contributed by atoms with Gasteiger partial charge in [-0.2, -0.15) is 0 Å². The highest BCUT2D eigenvalue weighted by molar-refractivity contribution is 7.09. The van der Waals surface area contributed by atoms with Crippen LogP contribution in [-0.2, 0) is 16.0 Å². The van der Waals surface area contributed by atoms with E-state index in [1.807, 2.05) is 11.8 Å². The van der Waals surface area contributed by atoms with Gasteiger partial charge in [0.2, 0.25) is 11.8 Å². The third kappa shape index (κ3) is 4.51. The highest BCUT2D eigenvalue weighted by Gasteiger charge is 2.38. The SMILES string of the molecule is Cc1ccc(N2CC(C(=O)N3CCN(CCc4cccs4)CC3)CC2=O)c(F)c1. The number of benzene rings is 1. The van der Waals surface area contributed by atoms with Crippen molar-refractivity contribution in [3.63, 3.8) is 0 Å². The highest BCUT2D eigenvalue weighted by Crippen LogP contribution is 2.29. The monoisotopic (exact) mass is 415 g/mol. The fourth-order valence-corrected chi connectivity index (χ4v) is 4.81. The molecule has 29 heavy (non-hydrogen) atoms. The van der Waals surface area contributed by atoms with Crippen LogP contribution in [0.3, 0.4) is 0 Å². The molecule has 2 aliphatic rings. The highest BCUT2D eigenvalue weighted by atomic mass is 32.1. The molecule has 5 nitrogen and oxygen atoms in total. The summed E-state index contributed by atoms with van der Waals surface area (Å²) in [5.41, 5.74) is 1.08. The van der Waals surface area contributed by atoms with Gasteiger partial charge in [-0.3, -0.25) is 14.5 Å². The van der Waals surface area contributed by atoms with Gasteiger partial charge in [0, 0.05) is 50.6 Å². The Morgan fingerprint density at radius 2 is 2.00 bits per heavy atom. The molecule has 4 rings (SSSR count). The second-order valence-electron chi connectivity index (χ2n) is 7.86. The molecular weight excluding hydrogens is 389 g/mol. The van der Waals surface area contributed by atoms with Crippen LogP contribution in [0.5, 0.6) is 0 Å². The van der Waals surface area contributed by atoms with E-state index >= 15 is 0 Å². The van der Waals surface area contributed by atoms with E-state index in [0.29, 0.717) is 13.1 Å². The molecule has 154 valence electrons. The van der Waals surface area contributed by atoms with Crippen molar-refractivity contribution in [1.82, 2.24) is 9.80 Å². The van der Waals surface area contributed by atoms with Crippen molar-refractivity contribution in [2.45, 2.75) is 19.8 Å². The third-order valence-electron chi connectivity index (χ3n) is 5.81. The summed E-state index contributed by atoms with van der Waals surface area (Å²) in [7, 11) is 0. The predicted octanol–water partition coefficient (Wildman–Crippen LogP) is 2.94. The van der Waals surface area contributed by atoms with Crippen LogP contribution >= 0.6 is 11.3 Å². The molecule has 1 aromatic carbocycles. The largest absolute Gasteiger partial charge is 0.340 e. The molecular formula is C22H26FN3O2S. The quantitative estimate of drug-likeness (QED) is 0.754. The van der Waals surface area contributed by atoms with E-state index in [1.54, 1.807) is 23.5 Å². The first-order valence-corrected chi connectivity index (χ1v) is 11.0. The Labute approximate surface area is 174 Å². The van der Waals surface area contributed by atoms with Crippen molar-refractivity contribution in [1.29, 1.82) is 0 Å². The molecule has 0 bridgehead atoms. The van der Waals surface area contributed by atoms with E-state index in [-0.39, 0.29) is 36.4 Å². The number of amides is 2. The molecule has 1 unspecified atom stereocenters. The van der Waals surface area contributed by atoms with Gasteiger partial charge in [0.1, 0.15) is 5.82 Å². The summed E-state index contributed by atoms with van der Waals surface area (Å²) in [4.78, 5) is 32.5. The maximum atomic E-state index is 14.3. The Balaban J connectivity index is 1.30. The maximum Gasteiger partial charge on any atom is 0.228 e. The molecule has 2 aromatic rings. The molecule has 1 atom stereocenters. The second-order valence-corrected chi connectivity index (χ2v) is 8.89.